The molecule has 1 aromatic rings. The minimum Gasteiger partial charge on any atom is -0.364 e. The number of urea groups is 1. The molecule has 0 bridgehead atoms. The monoisotopic (exact) mass is 331 g/mol. The zero-order valence-corrected chi connectivity index (χ0v) is 13.3. The number of benzene rings is 1. The minimum atomic E-state index is -1.37. The van der Waals surface area contributed by atoms with E-state index in [0.29, 0.717) is 24.2 Å². The van der Waals surface area contributed by atoms with Gasteiger partial charge in [-0.05, 0) is 37.3 Å². The van der Waals surface area contributed by atoms with Gasteiger partial charge in [-0.2, -0.15) is 0 Å². The number of carbonyl (C=O) groups is 3. The third-order valence-electron chi connectivity index (χ3n) is 5.52. The number of halogens is 1. The Hall–Kier alpha value is -2.44. The van der Waals surface area contributed by atoms with Gasteiger partial charge in [0.15, 0.2) is 5.41 Å². The molecule has 1 aromatic carbocycles. The first kappa shape index (κ1) is 15.1. The van der Waals surface area contributed by atoms with E-state index in [0.717, 1.165) is 17.7 Å². The van der Waals surface area contributed by atoms with Gasteiger partial charge in [-0.25, -0.2) is 9.18 Å². The minimum absolute atomic E-state index is 0.115. The summed E-state index contributed by atoms with van der Waals surface area (Å²) in [6.07, 6.45) is 2.48. The van der Waals surface area contributed by atoms with Crippen molar-refractivity contribution in [3.63, 3.8) is 0 Å². The highest BCUT2D eigenvalue weighted by Crippen LogP contribution is 2.48. The number of piperidine rings is 1. The molecule has 2 saturated heterocycles. The van der Waals surface area contributed by atoms with Gasteiger partial charge in [-0.1, -0.05) is 12.1 Å². The number of nitrogens with zero attached hydrogens (tertiary/aromatic N) is 2. The summed E-state index contributed by atoms with van der Waals surface area (Å²) in [5, 5.41) is 2.31. The molecule has 0 aliphatic carbocycles. The average Bonchev–Trinajstić information content (AvgIpc) is 2.58. The van der Waals surface area contributed by atoms with Crippen molar-refractivity contribution in [1.82, 2.24) is 10.2 Å². The number of amides is 4. The Morgan fingerprint density at radius 3 is 2.83 bits per heavy atom. The lowest BCUT2D eigenvalue weighted by molar-refractivity contribution is -0.153. The number of rotatable bonds is 0. The van der Waals surface area contributed by atoms with Crippen LogP contribution in [0, 0.1) is 11.2 Å². The normalized spacial score (nSPS) is 29.4. The van der Waals surface area contributed by atoms with Gasteiger partial charge in [0.2, 0.25) is 11.8 Å². The second-order valence-corrected chi connectivity index (χ2v) is 6.72. The fourth-order valence-corrected chi connectivity index (χ4v) is 4.38. The zero-order valence-electron chi connectivity index (χ0n) is 13.3. The lowest BCUT2D eigenvalue weighted by atomic mass is 9.66. The van der Waals surface area contributed by atoms with Gasteiger partial charge in [0.05, 0.1) is 11.7 Å². The summed E-state index contributed by atoms with van der Waals surface area (Å²) in [5.41, 5.74) is -0.239. The second kappa shape index (κ2) is 5.03. The van der Waals surface area contributed by atoms with E-state index in [2.05, 4.69) is 5.32 Å². The molecule has 0 aromatic heterocycles. The fourth-order valence-electron chi connectivity index (χ4n) is 4.38. The van der Waals surface area contributed by atoms with Crippen LogP contribution in [-0.4, -0.2) is 42.4 Å². The van der Waals surface area contributed by atoms with E-state index in [-0.39, 0.29) is 12.2 Å². The summed E-state index contributed by atoms with van der Waals surface area (Å²) in [6.45, 7) is 0.596. The third-order valence-corrected chi connectivity index (χ3v) is 5.52. The number of fused-ring (bicyclic) bond motifs is 4. The maximum absolute atomic E-state index is 14.4. The van der Waals surface area contributed by atoms with E-state index >= 15 is 0 Å². The maximum Gasteiger partial charge on any atom is 0.330 e. The Morgan fingerprint density at radius 1 is 1.25 bits per heavy atom. The molecule has 7 heteroatoms. The second-order valence-electron chi connectivity index (χ2n) is 6.72. The summed E-state index contributed by atoms with van der Waals surface area (Å²) in [6, 6.07) is 3.61. The van der Waals surface area contributed by atoms with Crippen LogP contribution in [0.3, 0.4) is 0 Å². The molecule has 6 nitrogen and oxygen atoms in total. The maximum atomic E-state index is 14.4. The Labute approximate surface area is 138 Å². The molecular formula is C17H18FN3O3. The van der Waals surface area contributed by atoms with Crippen molar-refractivity contribution < 1.29 is 18.8 Å². The Morgan fingerprint density at radius 2 is 2.04 bits per heavy atom. The van der Waals surface area contributed by atoms with Crippen molar-refractivity contribution in [1.29, 1.82) is 0 Å². The number of anilines is 1. The van der Waals surface area contributed by atoms with Crippen molar-refractivity contribution in [3.05, 3.63) is 29.6 Å². The standard InChI is InChI=1S/C17H18FN3O3/c1-20-15(23)17(14(22)19-16(20)24)9-10-5-4-6-11(18)13(10)21-8-3-2-7-12(17)21/h4-6,12H,2-3,7-9H2,1H3,(H,19,22,24)/t12-,17+/m1/s1. The molecule has 24 heavy (non-hydrogen) atoms. The molecule has 0 unspecified atom stereocenters. The van der Waals surface area contributed by atoms with E-state index in [1.807, 2.05) is 4.90 Å². The van der Waals surface area contributed by atoms with Crippen LogP contribution in [0.25, 0.3) is 0 Å². The number of para-hydroxylation sites is 1. The summed E-state index contributed by atoms with van der Waals surface area (Å²) in [4.78, 5) is 40.4. The largest absolute Gasteiger partial charge is 0.364 e. The van der Waals surface area contributed by atoms with Gasteiger partial charge in [0.25, 0.3) is 0 Å². The summed E-state index contributed by atoms with van der Waals surface area (Å²) in [7, 11) is 1.38. The molecule has 2 fully saturated rings. The van der Waals surface area contributed by atoms with E-state index in [9.17, 15) is 18.8 Å². The third kappa shape index (κ3) is 1.78. The van der Waals surface area contributed by atoms with Gasteiger partial charge in [-0.15, -0.1) is 0 Å². The van der Waals surface area contributed by atoms with Crippen molar-refractivity contribution in [2.24, 2.45) is 5.41 Å². The zero-order chi connectivity index (χ0) is 17.1. The van der Waals surface area contributed by atoms with E-state index in [1.165, 1.54) is 13.1 Å². The highest BCUT2D eigenvalue weighted by Gasteiger charge is 2.61. The van der Waals surface area contributed by atoms with E-state index in [1.54, 1.807) is 12.1 Å². The molecule has 0 saturated carbocycles. The number of hydrogen-bond acceptors (Lipinski definition) is 4. The molecule has 4 amide bonds. The molecule has 4 rings (SSSR count). The molecule has 0 radical (unpaired) electrons. The van der Waals surface area contributed by atoms with Crippen LogP contribution in [0.5, 0.6) is 0 Å². The number of barbiturate groups is 1. The van der Waals surface area contributed by atoms with Crippen LogP contribution < -0.4 is 10.2 Å². The topological polar surface area (TPSA) is 69.7 Å². The van der Waals surface area contributed by atoms with Crippen molar-refractivity contribution in [3.8, 4) is 0 Å². The highest BCUT2D eigenvalue weighted by atomic mass is 19.1. The Balaban J connectivity index is 1.92. The average molecular weight is 331 g/mol. The molecule has 1 N–H and O–H groups in total. The van der Waals surface area contributed by atoms with Gasteiger partial charge in [0, 0.05) is 13.6 Å². The first-order valence-corrected chi connectivity index (χ1v) is 8.14. The van der Waals surface area contributed by atoms with Gasteiger partial charge in [0.1, 0.15) is 5.82 Å². The molecule has 3 heterocycles. The lowest BCUT2D eigenvalue weighted by Gasteiger charge is -2.53. The van der Waals surface area contributed by atoms with Gasteiger partial charge < -0.3 is 4.90 Å². The molecule has 2 atom stereocenters. The predicted molar refractivity (Wildman–Crippen MR) is 83.8 cm³/mol. The van der Waals surface area contributed by atoms with Crippen molar-refractivity contribution >= 4 is 23.5 Å². The Bertz CT molecular complexity index is 765. The number of hydrogen-bond donors (Lipinski definition) is 1. The van der Waals surface area contributed by atoms with Crippen LogP contribution in [0.4, 0.5) is 14.9 Å². The van der Waals surface area contributed by atoms with Crippen molar-refractivity contribution in [2.45, 2.75) is 31.7 Å². The fraction of sp³-hybridized carbons (Fsp3) is 0.471. The predicted octanol–water partition coefficient (Wildman–Crippen LogP) is 1.44. The van der Waals surface area contributed by atoms with E-state index < -0.39 is 29.3 Å². The molecule has 3 aliphatic heterocycles. The first-order chi connectivity index (χ1) is 11.5. The summed E-state index contributed by atoms with van der Waals surface area (Å²) < 4.78 is 14.4. The van der Waals surface area contributed by atoms with Crippen LogP contribution in [0.1, 0.15) is 24.8 Å². The van der Waals surface area contributed by atoms with Gasteiger partial charge in [-0.3, -0.25) is 19.8 Å². The summed E-state index contributed by atoms with van der Waals surface area (Å²) in [5.74, 6) is -1.40. The van der Waals surface area contributed by atoms with Crippen LogP contribution in [-0.2, 0) is 16.0 Å². The molecule has 3 aliphatic rings. The van der Waals surface area contributed by atoms with Crippen molar-refractivity contribution in [2.75, 3.05) is 18.5 Å². The summed E-state index contributed by atoms with van der Waals surface area (Å²) >= 11 is 0. The van der Waals surface area contributed by atoms with Crippen LogP contribution >= 0.6 is 0 Å². The molecular weight excluding hydrogens is 313 g/mol. The van der Waals surface area contributed by atoms with Gasteiger partial charge >= 0.3 is 6.03 Å². The highest BCUT2D eigenvalue weighted by molar-refractivity contribution is 6.20. The number of imide groups is 2. The Kier molecular flexibility index (Phi) is 3.16. The number of carbonyl (C=O) groups excluding carboxylic acids is 3. The lowest BCUT2D eigenvalue weighted by Crippen LogP contribution is -2.72. The quantitative estimate of drug-likeness (QED) is 0.730. The van der Waals surface area contributed by atoms with Crippen LogP contribution in [0.15, 0.2) is 18.2 Å². The first-order valence-electron chi connectivity index (χ1n) is 8.14. The van der Waals surface area contributed by atoms with E-state index in [4.69, 9.17) is 0 Å². The number of nitrogens with one attached hydrogen (secondary N) is 1. The molecule has 126 valence electrons. The van der Waals surface area contributed by atoms with Crippen LogP contribution in [0.2, 0.25) is 0 Å². The SMILES string of the molecule is CN1C(=O)NC(=O)[C@@]2(Cc3cccc(F)c3N3CCCC[C@@H]32)C1=O. The molecule has 1 spiro atoms. The smallest absolute Gasteiger partial charge is 0.330 e.